The van der Waals surface area contributed by atoms with Crippen molar-refractivity contribution in [1.29, 1.82) is 0 Å². The van der Waals surface area contributed by atoms with Crippen LogP contribution in [0.25, 0.3) is 0 Å². The van der Waals surface area contributed by atoms with Crippen LogP contribution in [0.2, 0.25) is 5.02 Å². The zero-order valence-corrected chi connectivity index (χ0v) is 18.9. The van der Waals surface area contributed by atoms with Gasteiger partial charge in [0.05, 0.1) is 17.2 Å². The molecular weight excluding hydrogens is 470 g/mol. The third kappa shape index (κ3) is 5.93. The number of nitrogens with one attached hydrogen (secondary N) is 3. The molecule has 0 aliphatic carbocycles. The maximum absolute atomic E-state index is 12.8. The minimum Gasteiger partial charge on any atom is -0.507 e. The summed E-state index contributed by atoms with van der Waals surface area (Å²) in [6.07, 6.45) is 0. The molecule has 0 saturated heterocycles. The first-order valence-corrected chi connectivity index (χ1v) is 11.5. The summed E-state index contributed by atoms with van der Waals surface area (Å²) in [4.78, 5) is 24.3. The molecule has 2 amide bonds. The fourth-order valence-corrected chi connectivity index (χ4v) is 4.35. The Balaban J connectivity index is 1.74. The monoisotopic (exact) mass is 489 g/mol. The Labute approximate surface area is 195 Å². The van der Waals surface area contributed by atoms with Gasteiger partial charge in [0.25, 0.3) is 21.8 Å². The molecule has 0 bridgehead atoms. The highest BCUT2D eigenvalue weighted by molar-refractivity contribution is 7.92. The number of para-hydroxylation sites is 1. The van der Waals surface area contributed by atoms with Crippen LogP contribution in [0.15, 0.2) is 71.6 Å². The lowest BCUT2D eigenvalue weighted by molar-refractivity contribution is 0.0845. The maximum atomic E-state index is 12.8. The lowest BCUT2D eigenvalue weighted by atomic mass is 10.2. The molecule has 0 aliphatic rings. The average molecular weight is 490 g/mol. The molecule has 0 radical (unpaired) electrons. The molecule has 0 atom stereocenters. The van der Waals surface area contributed by atoms with Crippen molar-refractivity contribution < 1.29 is 27.9 Å². The predicted molar refractivity (Wildman–Crippen MR) is 123 cm³/mol. The molecular formula is C22H20ClN3O6S. The Morgan fingerprint density at radius 3 is 2.30 bits per heavy atom. The molecule has 0 aromatic heterocycles. The van der Waals surface area contributed by atoms with Gasteiger partial charge in [-0.05, 0) is 61.5 Å². The molecule has 0 saturated carbocycles. The lowest BCUT2D eigenvalue weighted by Crippen LogP contribution is -2.41. The number of phenolic OH excluding ortho intramolecular Hbond substituents is 1. The third-order valence-electron chi connectivity index (χ3n) is 4.34. The van der Waals surface area contributed by atoms with E-state index in [9.17, 15) is 23.1 Å². The van der Waals surface area contributed by atoms with Crippen molar-refractivity contribution in [2.75, 3.05) is 11.3 Å². The van der Waals surface area contributed by atoms with Crippen molar-refractivity contribution >= 4 is 39.1 Å². The molecule has 0 heterocycles. The van der Waals surface area contributed by atoms with Gasteiger partial charge in [0, 0.05) is 11.3 Å². The van der Waals surface area contributed by atoms with Crippen molar-refractivity contribution in [2.24, 2.45) is 0 Å². The van der Waals surface area contributed by atoms with Crippen molar-refractivity contribution in [2.45, 2.75) is 11.8 Å². The second-order valence-electron chi connectivity index (χ2n) is 6.63. The predicted octanol–water partition coefficient (Wildman–Crippen LogP) is 3.32. The Kier molecular flexibility index (Phi) is 7.41. The van der Waals surface area contributed by atoms with E-state index in [-0.39, 0.29) is 32.5 Å². The van der Waals surface area contributed by atoms with Crippen LogP contribution in [0.3, 0.4) is 0 Å². The van der Waals surface area contributed by atoms with Crippen LogP contribution < -0.4 is 20.3 Å². The number of halogens is 1. The van der Waals surface area contributed by atoms with Gasteiger partial charge in [-0.3, -0.25) is 25.2 Å². The first-order valence-electron chi connectivity index (χ1n) is 9.65. The van der Waals surface area contributed by atoms with Gasteiger partial charge in [0.2, 0.25) is 0 Å². The highest BCUT2D eigenvalue weighted by Crippen LogP contribution is 2.26. The number of sulfonamides is 1. The second-order valence-corrected chi connectivity index (χ2v) is 8.69. The number of hydrogen-bond donors (Lipinski definition) is 4. The SMILES string of the molecule is CCOc1ccc(NS(=O)(=O)c2cc(C(=O)NNC(=O)c3ccccc3O)ccc2Cl)cc1. The summed E-state index contributed by atoms with van der Waals surface area (Å²) in [5.41, 5.74) is 4.49. The number of benzene rings is 3. The topological polar surface area (TPSA) is 134 Å². The van der Waals surface area contributed by atoms with E-state index >= 15 is 0 Å². The fraction of sp³-hybridized carbons (Fsp3) is 0.0909. The summed E-state index contributed by atoms with van der Waals surface area (Å²) in [7, 11) is -4.13. The van der Waals surface area contributed by atoms with E-state index in [4.69, 9.17) is 16.3 Å². The number of hydrazine groups is 1. The van der Waals surface area contributed by atoms with Crippen molar-refractivity contribution in [3.63, 3.8) is 0 Å². The number of carbonyl (C=O) groups is 2. The molecule has 9 nitrogen and oxygen atoms in total. The van der Waals surface area contributed by atoms with Crippen LogP contribution in [0.5, 0.6) is 11.5 Å². The molecule has 0 aliphatic heterocycles. The van der Waals surface area contributed by atoms with Gasteiger partial charge in [0.1, 0.15) is 16.4 Å². The second kappa shape index (κ2) is 10.2. The summed E-state index contributed by atoms with van der Waals surface area (Å²) in [6.45, 7) is 2.31. The van der Waals surface area contributed by atoms with Crippen LogP contribution in [0.1, 0.15) is 27.6 Å². The Bertz CT molecular complexity index is 1280. The molecule has 0 fully saturated rings. The summed E-state index contributed by atoms with van der Waals surface area (Å²) in [6, 6.07) is 15.7. The van der Waals surface area contributed by atoms with E-state index < -0.39 is 21.8 Å². The number of aromatic hydroxyl groups is 1. The number of ether oxygens (including phenoxy) is 1. The third-order valence-corrected chi connectivity index (χ3v) is 6.20. The van der Waals surface area contributed by atoms with E-state index in [0.29, 0.717) is 12.4 Å². The van der Waals surface area contributed by atoms with Crippen molar-refractivity contribution in [3.05, 3.63) is 82.9 Å². The van der Waals surface area contributed by atoms with Gasteiger partial charge in [-0.2, -0.15) is 0 Å². The van der Waals surface area contributed by atoms with E-state index in [2.05, 4.69) is 15.6 Å². The molecule has 0 spiro atoms. The maximum Gasteiger partial charge on any atom is 0.273 e. The Morgan fingerprint density at radius 2 is 1.64 bits per heavy atom. The molecule has 4 N–H and O–H groups in total. The van der Waals surface area contributed by atoms with Gasteiger partial charge in [-0.1, -0.05) is 23.7 Å². The minimum atomic E-state index is -4.13. The molecule has 0 unspecified atom stereocenters. The number of anilines is 1. The molecule has 3 aromatic carbocycles. The van der Waals surface area contributed by atoms with Gasteiger partial charge in [-0.15, -0.1) is 0 Å². The van der Waals surface area contributed by atoms with Gasteiger partial charge >= 0.3 is 0 Å². The summed E-state index contributed by atoms with van der Waals surface area (Å²) in [5.74, 6) is -1.21. The van der Waals surface area contributed by atoms with Crippen LogP contribution >= 0.6 is 11.6 Å². The van der Waals surface area contributed by atoms with Gasteiger partial charge in [-0.25, -0.2) is 8.42 Å². The van der Waals surface area contributed by atoms with Gasteiger partial charge < -0.3 is 9.84 Å². The van der Waals surface area contributed by atoms with Crippen LogP contribution in [0, 0.1) is 0 Å². The minimum absolute atomic E-state index is 0.0447. The smallest absolute Gasteiger partial charge is 0.273 e. The number of phenols is 1. The Morgan fingerprint density at radius 1 is 0.970 bits per heavy atom. The molecule has 11 heteroatoms. The average Bonchev–Trinajstić information content (AvgIpc) is 2.79. The first-order chi connectivity index (χ1) is 15.7. The van der Waals surface area contributed by atoms with Crippen LogP contribution in [-0.4, -0.2) is 31.9 Å². The highest BCUT2D eigenvalue weighted by atomic mass is 35.5. The normalized spacial score (nSPS) is 10.8. The summed E-state index contributed by atoms with van der Waals surface area (Å²) >= 11 is 6.07. The van der Waals surface area contributed by atoms with Crippen LogP contribution in [0.4, 0.5) is 5.69 Å². The molecule has 3 aromatic rings. The summed E-state index contributed by atoms with van der Waals surface area (Å²) < 4.78 is 33.4. The van der Waals surface area contributed by atoms with E-state index in [1.807, 2.05) is 6.92 Å². The number of rotatable bonds is 7. The standard InChI is InChI=1S/C22H20ClN3O6S/c1-2-32-16-10-8-15(9-11-16)26-33(30,31)20-13-14(7-12-18(20)23)21(28)24-25-22(29)17-5-3-4-6-19(17)27/h3-13,26-27H,2H2,1H3,(H,24,28)(H,25,29). The molecule has 33 heavy (non-hydrogen) atoms. The van der Waals surface area contributed by atoms with E-state index in [1.54, 1.807) is 24.3 Å². The largest absolute Gasteiger partial charge is 0.507 e. The first kappa shape index (κ1) is 23.9. The summed E-state index contributed by atoms with van der Waals surface area (Å²) in [5, 5.41) is 9.62. The number of amides is 2. The van der Waals surface area contributed by atoms with Crippen molar-refractivity contribution in [1.82, 2.24) is 10.9 Å². The quantitative estimate of drug-likeness (QED) is 0.376. The molecule has 3 rings (SSSR count). The zero-order valence-electron chi connectivity index (χ0n) is 17.3. The van der Waals surface area contributed by atoms with Crippen LogP contribution in [-0.2, 0) is 10.0 Å². The lowest BCUT2D eigenvalue weighted by Gasteiger charge is -2.12. The van der Waals surface area contributed by atoms with Gasteiger partial charge in [0.15, 0.2) is 0 Å². The number of carbonyl (C=O) groups excluding carboxylic acids is 2. The number of hydrogen-bond acceptors (Lipinski definition) is 6. The zero-order chi connectivity index (χ0) is 24.0. The fourth-order valence-electron chi connectivity index (χ4n) is 2.77. The Hall–Kier alpha value is -3.76. The van der Waals surface area contributed by atoms with E-state index in [0.717, 1.165) is 6.07 Å². The van der Waals surface area contributed by atoms with Crippen molar-refractivity contribution in [3.8, 4) is 11.5 Å². The highest BCUT2D eigenvalue weighted by Gasteiger charge is 2.21. The van der Waals surface area contributed by atoms with E-state index in [1.165, 1.54) is 36.4 Å². The molecule has 172 valence electrons.